The number of benzene rings is 1. The maximum absolute atomic E-state index is 12.1. The third kappa shape index (κ3) is 3.59. The van der Waals surface area contributed by atoms with Gasteiger partial charge in [-0.2, -0.15) is 0 Å². The van der Waals surface area contributed by atoms with Crippen LogP contribution in [0.5, 0.6) is 0 Å². The van der Waals surface area contributed by atoms with Crippen LogP contribution >= 0.6 is 0 Å². The fourth-order valence-corrected chi connectivity index (χ4v) is 2.38. The van der Waals surface area contributed by atoms with E-state index in [-0.39, 0.29) is 6.61 Å². The summed E-state index contributed by atoms with van der Waals surface area (Å²) in [5, 5.41) is 19.9. The van der Waals surface area contributed by atoms with Crippen LogP contribution in [0.25, 0.3) is 0 Å². The molecule has 6 heteroatoms. The summed E-state index contributed by atoms with van der Waals surface area (Å²) in [4.78, 5) is 12.1. The lowest BCUT2D eigenvalue weighted by atomic mass is 9.90. The van der Waals surface area contributed by atoms with Crippen LogP contribution in [-0.4, -0.2) is 47.9 Å². The topological polar surface area (TPSA) is 85.2 Å². The average Bonchev–Trinajstić information content (AvgIpc) is 2.50. The van der Waals surface area contributed by atoms with Crippen molar-refractivity contribution in [2.75, 3.05) is 7.11 Å². The van der Waals surface area contributed by atoms with Gasteiger partial charge in [-0.25, -0.2) is 0 Å². The molecular formula is C15H20O6. The third-order valence-corrected chi connectivity index (χ3v) is 3.58. The molecule has 0 aromatic heterocycles. The average molecular weight is 296 g/mol. The van der Waals surface area contributed by atoms with Crippen LogP contribution in [0.4, 0.5) is 0 Å². The van der Waals surface area contributed by atoms with Crippen molar-refractivity contribution in [2.45, 2.75) is 38.1 Å². The fourth-order valence-electron chi connectivity index (χ4n) is 2.38. The molecule has 6 nitrogen and oxygen atoms in total. The largest absolute Gasteiger partial charge is 0.460 e. The summed E-state index contributed by atoms with van der Waals surface area (Å²) >= 11 is 0. The molecule has 1 aliphatic rings. The number of ether oxygens (including phenoxy) is 3. The van der Waals surface area contributed by atoms with Gasteiger partial charge in [0.05, 0.1) is 6.10 Å². The number of rotatable bonds is 4. The molecule has 0 radical (unpaired) electrons. The summed E-state index contributed by atoms with van der Waals surface area (Å²) in [5.41, 5.74) is 0.847. The van der Waals surface area contributed by atoms with Crippen molar-refractivity contribution in [2.24, 2.45) is 5.92 Å². The van der Waals surface area contributed by atoms with Gasteiger partial charge in [-0.3, -0.25) is 4.79 Å². The molecule has 2 N–H and O–H groups in total. The molecular weight excluding hydrogens is 276 g/mol. The molecule has 0 aliphatic carbocycles. The highest BCUT2D eigenvalue weighted by Gasteiger charge is 2.47. The molecule has 1 heterocycles. The van der Waals surface area contributed by atoms with Gasteiger partial charge in [-0.15, -0.1) is 0 Å². The Morgan fingerprint density at radius 2 is 1.90 bits per heavy atom. The van der Waals surface area contributed by atoms with Gasteiger partial charge in [0.2, 0.25) is 0 Å². The van der Waals surface area contributed by atoms with Crippen molar-refractivity contribution in [3.8, 4) is 0 Å². The lowest BCUT2D eigenvalue weighted by Gasteiger charge is -2.39. The van der Waals surface area contributed by atoms with Crippen molar-refractivity contribution in [1.82, 2.24) is 0 Å². The Kier molecular flexibility index (Phi) is 5.30. The van der Waals surface area contributed by atoms with Gasteiger partial charge < -0.3 is 24.4 Å². The van der Waals surface area contributed by atoms with E-state index in [0.717, 1.165) is 5.56 Å². The third-order valence-electron chi connectivity index (χ3n) is 3.58. The summed E-state index contributed by atoms with van der Waals surface area (Å²) in [6.07, 6.45) is -4.15. The van der Waals surface area contributed by atoms with E-state index in [1.165, 1.54) is 7.11 Å². The minimum absolute atomic E-state index is 0.111. The Labute approximate surface area is 123 Å². The maximum Gasteiger partial charge on any atom is 0.314 e. The molecule has 1 aromatic rings. The van der Waals surface area contributed by atoms with Crippen LogP contribution in [0.1, 0.15) is 12.5 Å². The number of aliphatic hydroxyl groups is 2. The molecule has 1 saturated heterocycles. The lowest BCUT2D eigenvalue weighted by molar-refractivity contribution is -0.274. The van der Waals surface area contributed by atoms with E-state index < -0.39 is 36.5 Å². The predicted molar refractivity (Wildman–Crippen MR) is 73.1 cm³/mol. The second-order valence-corrected chi connectivity index (χ2v) is 5.05. The summed E-state index contributed by atoms with van der Waals surface area (Å²) < 4.78 is 15.5. The Hall–Kier alpha value is -1.47. The van der Waals surface area contributed by atoms with E-state index in [2.05, 4.69) is 0 Å². The summed E-state index contributed by atoms with van der Waals surface area (Å²) in [7, 11) is 1.36. The molecule has 0 saturated carbocycles. The number of aliphatic hydroxyl groups excluding tert-OH is 2. The highest BCUT2D eigenvalue weighted by molar-refractivity contribution is 5.74. The predicted octanol–water partition coefficient (Wildman–Crippen LogP) is 0.459. The van der Waals surface area contributed by atoms with Crippen molar-refractivity contribution < 1.29 is 29.2 Å². The Morgan fingerprint density at radius 1 is 1.24 bits per heavy atom. The van der Waals surface area contributed by atoms with E-state index in [0.29, 0.717) is 0 Å². The number of hydrogen-bond acceptors (Lipinski definition) is 6. The molecule has 21 heavy (non-hydrogen) atoms. The van der Waals surface area contributed by atoms with Crippen LogP contribution in [0, 0.1) is 5.92 Å². The Balaban J connectivity index is 1.98. The van der Waals surface area contributed by atoms with Crippen LogP contribution in [0.2, 0.25) is 0 Å². The maximum atomic E-state index is 12.1. The van der Waals surface area contributed by atoms with Gasteiger partial charge in [0.1, 0.15) is 24.7 Å². The standard InChI is InChI=1S/C15H20O6/c1-9-11(12(16)13(17)15(19-2)21-9)14(18)20-8-10-6-4-3-5-7-10/h3-7,9,11-13,15-17H,8H2,1-2H3/t9?,11-,12+,13?,15+/m1/s1. The quantitative estimate of drug-likeness (QED) is 0.785. The molecule has 116 valence electrons. The molecule has 1 aliphatic heterocycles. The van der Waals surface area contributed by atoms with Crippen LogP contribution in [0.15, 0.2) is 30.3 Å². The van der Waals surface area contributed by atoms with Crippen LogP contribution in [0.3, 0.4) is 0 Å². The number of carbonyl (C=O) groups is 1. The summed E-state index contributed by atoms with van der Waals surface area (Å²) in [6.45, 7) is 1.75. The monoisotopic (exact) mass is 296 g/mol. The number of methoxy groups -OCH3 is 1. The summed E-state index contributed by atoms with van der Waals surface area (Å²) in [6, 6.07) is 9.22. The van der Waals surface area contributed by atoms with E-state index in [4.69, 9.17) is 14.2 Å². The van der Waals surface area contributed by atoms with E-state index in [1.807, 2.05) is 30.3 Å². The first kappa shape index (κ1) is 15.9. The lowest BCUT2D eigenvalue weighted by Crippen LogP contribution is -2.56. The first-order chi connectivity index (χ1) is 10.0. The minimum Gasteiger partial charge on any atom is -0.460 e. The van der Waals surface area contributed by atoms with Gasteiger partial charge in [-0.05, 0) is 12.5 Å². The Morgan fingerprint density at radius 3 is 2.52 bits per heavy atom. The molecule has 0 bridgehead atoms. The molecule has 2 unspecified atom stereocenters. The van der Waals surface area contributed by atoms with Crippen LogP contribution < -0.4 is 0 Å². The second-order valence-electron chi connectivity index (χ2n) is 5.05. The number of esters is 1. The zero-order chi connectivity index (χ0) is 15.4. The van der Waals surface area contributed by atoms with Gasteiger partial charge in [-0.1, -0.05) is 30.3 Å². The number of carbonyl (C=O) groups excluding carboxylic acids is 1. The Bertz CT molecular complexity index is 462. The molecule has 1 aromatic carbocycles. The van der Waals surface area contributed by atoms with Gasteiger partial charge in [0.25, 0.3) is 0 Å². The molecule has 0 spiro atoms. The molecule has 2 rings (SSSR count). The number of hydrogen-bond donors (Lipinski definition) is 2. The van der Waals surface area contributed by atoms with Crippen LogP contribution in [-0.2, 0) is 25.6 Å². The first-order valence-corrected chi connectivity index (χ1v) is 6.79. The van der Waals surface area contributed by atoms with Gasteiger partial charge in [0.15, 0.2) is 6.29 Å². The minimum atomic E-state index is -1.29. The summed E-state index contributed by atoms with van der Waals surface area (Å²) in [5.74, 6) is -1.55. The zero-order valence-corrected chi connectivity index (χ0v) is 12.0. The highest BCUT2D eigenvalue weighted by Crippen LogP contribution is 2.27. The van der Waals surface area contributed by atoms with E-state index in [9.17, 15) is 15.0 Å². The second kappa shape index (κ2) is 7.00. The highest BCUT2D eigenvalue weighted by atomic mass is 16.7. The van der Waals surface area contributed by atoms with Crippen molar-refractivity contribution in [1.29, 1.82) is 0 Å². The fraction of sp³-hybridized carbons (Fsp3) is 0.533. The van der Waals surface area contributed by atoms with Gasteiger partial charge in [0, 0.05) is 7.11 Å². The SMILES string of the molecule is CO[C@H]1OC(C)[C@@H](C(=O)OCc2ccccc2)[C@H](O)C1O. The zero-order valence-electron chi connectivity index (χ0n) is 12.0. The smallest absolute Gasteiger partial charge is 0.314 e. The molecule has 1 fully saturated rings. The van der Waals surface area contributed by atoms with E-state index >= 15 is 0 Å². The molecule has 5 atom stereocenters. The van der Waals surface area contributed by atoms with E-state index in [1.54, 1.807) is 6.92 Å². The first-order valence-electron chi connectivity index (χ1n) is 6.79. The normalized spacial score (nSPS) is 32.7. The van der Waals surface area contributed by atoms with Crippen molar-refractivity contribution >= 4 is 5.97 Å². The van der Waals surface area contributed by atoms with Crippen molar-refractivity contribution in [3.05, 3.63) is 35.9 Å². The van der Waals surface area contributed by atoms with Gasteiger partial charge >= 0.3 is 5.97 Å². The molecule has 0 amide bonds. The van der Waals surface area contributed by atoms with Crippen molar-refractivity contribution in [3.63, 3.8) is 0 Å².